The van der Waals surface area contributed by atoms with Gasteiger partial charge in [0.05, 0.1) is 24.4 Å². The van der Waals surface area contributed by atoms with Crippen molar-refractivity contribution < 1.29 is 19.1 Å². The van der Waals surface area contributed by atoms with Gasteiger partial charge in [-0.1, -0.05) is 18.2 Å². The standard InChI is InChI=1S/C23H31ClN4O4/c1-6-31-20(29)19-16-8-7-15(12-25)17(11-14(2)24)18(16)27-28(19)13-23(9-10-23)26-21(30)32-22(3,4)5/h11-12H,2,6-10,13,25H2,1,3-5H3,(H,26,30)/b15-12-,17-11+. The van der Waals surface area contributed by atoms with Gasteiger partial charge < -0.3 is 20.5 Å². The molecule has 1 heterocycles. The highest BCUT2D eigenvalue weighted by Gasteiger charge is 2.47. The number of esters is 1. The maximum atomic E-state index is 12.9. The van der Waals surface area contributed by atoms with Crippen molar-refractivity contribution in [3.8, 4) is 0 Å². The lowest BCUT2D eigenvalue weighted by molar-refractivity contribution is 0.0488. The number of rotatable bonds is 6. The highest BCUT2D eigenvalue weighted by molar-refractivity contribution is 6.31. The van der Waals surface area contributed by atoms with Gasteiger partial charge in [-0.25, -0.2) is 9.59 Å². The van der Waals surface area contributed by atoms with Gasteiger partial charge in [0.1, 0.15) is 11.3 Å². The lowest BCUT2D eigenvalue weighted by Crippen LogP contribution is -2.43. The fourth-order valence-corrected chi connectivity index (χ4v) is 3.92. The van der Waals surface area contributed by atoms with Crippen LogP contribution >= 0.6 is 11.6 Å². The van der Waals surface area contributed by atoms with Crippen LogP contribution in [0.2, 0.25) is 0 Å². The Balaban J connectivity index is 2.00. The summed E-state index contributed by atoms with van der Waals surface area (Å²) in [6.07, 6.45) is 5.49. The van der Waals surface area contributed by atoms with Crippen LogP contribution in [-0.2, 0) is 22.4 Å². The molecule has 1 saturated carbocycles. The first kappa shape index (κ1) is 23.9. The Hall–Kier alpha value is -2.74. The highest BCUT2D eigenvalue weighted by atomic mass is 35.5. The van der Waals surface area contributed by atoms with Gasteiger partial charge in [-0.3, -0.25) is 4.68 Å². The molecule has 1 aromatic heterocycles. The van der Waals surface area contributed by atoms with Crippen LogP contribution in [0.3, 0.4) is 0 Å². The van der Waals surface area contributed by atoms with E-state index in [0.29, 0.717) is 35.8 Å². The molecule has 2 aliphatic rings. The SMILES string of the molecule is C=C(Cl)/C=C1\C(=C/N)CCc2c1nn(CC1(NC(=O)OC(C)(C)C)CC1)c2C(=O)OCC. The molecule has 0 radical (unpaired) electrons. The summed E-state index contributed by atoms with van der Waals surface area (Å²) in [5, 5.41) is 8.05. The summed E-state index contributed by atoms with van der Waals surface area (Å²) < 4.78 is 12.4. The van der Waals surface area contributed by atoms with Crippen LogP contribution < -0.4 is 11.1 Å². The Morgan fingerprint density at radius 3 is 2.56 bits per heavy atom. The average Bonchev–Trinajstić information content (AvgIpc) is 3.30. The Labute approximate surface area is 193 Å². The minimum absolute atomic E-state index is 0.245. The van der Waals surface area contributed by atoms with E-state index in [1.54, 1.807) is 17.7 Å². The van der Waals surface area contributed by atoms with Gasteiger partial charge in [0.15, 0.2) is 0 Å². The van der Waals surface area contributed by atoms with Crippen LogP contribution in [0.4, 0.5) is 4.79 Å². The van der Waals surface area contributed by atoms with E-state index < -0.39 is 23.2 Å². The number of amides is 1. The molecule has 0 saturated heterocycles. The van der Waals surface area contributed by atoms with Crippen molar-refractivity contribution in [3.05, 3.63) is 46.4 Å². The van der Waals surface area contributed by atoms with Crippen LogP contribution in [-0.4, -0.2) is 39.6 Å². The number of aromatic nitrogens is 2. The number of allylic oxidation sites excluding steroid dienone is 4. The Bertz CT molecular complexity index is 996. The second-order valence-corrected chi connectivity index (χ2v) is 9.64. The number of hydrogen-bond donors (Lipinski definition) is 2. The lowest BCUT2D eigenvalue weighted by atomic mass is 9.87. The monoisotopic (exact) mass is 462 g/mol. The summed E-state index contributed by atoms with van der Waals surface area (Å²) in [5.74, 6) is -0.446. The number of nitrogens with one attached hydrogen (secondary N) is 1. The molecule has 1 fully saturated rings. The van der Waals surface area contributed by atoms with Crippen LogP contribution in [0.15, 0.2) is 29.5 Å². The second-order valence-electron chi connectivity index (χ2n) is 9.16. The predicted molar refractivity (Wildman–Crippen MR) is 123 cm³/mol. The van der Waals surface area contributed by atoms with Gasteiger partial charge in [-0.05, 0) is 71.2 Å². The molecule has 32 heavy (non-hydrogen) atoms. The zero-order chi connectivity index (χ0) is 23.7. The van der Waals surface area contributed by atoms with Crippen LogP contribution in [0.25, 0.3) is 5.57 Å². The number of alkyl carbamates (subject to hydrolysis) is 1. The fraction of sp³-hybridized carbons (Fsp3) is 0.522. The molecule has 0 unspecified atom stereocenters. The quantitative estimate of drug-likeness (QED) is 0.617. The number of nitrogens with zero attached hydrogens (tertiary/aromatic N) is 2. The van der Waals surface area contributed by atoms with E-state index in [9.17, 15) is 9.59 Å². The molecule has 3 rings (SSSR count). The van der Waals surface area contributed by atoms with Crippen molar-refractivity contribution in [2.45, 2.75) is 71.1 Å². The van der Waals surface area contributed by atoms with E-state index in [0.717, 1.165) is 29.6 Å². The molecule has 0 aliphatic heterocycles. The normalized spacial score (nSPS) is 19.4. The summed E-state index contributed by atoms with van der Waals surface area (Å²) in [6, 6.07) is 0. The van der Waals surface area contributed by atoms with Crippen LogP contribution in [0.1, 0.15) is 68.7 Å². The van der Waals surface area contributed by atoms with Gasteiger partial charge in [-0.15, -0.1) is 0 Å². The van der Waals surface area contributed by atoms with E-state index in [2.05, 4.69) is 11.9 Å². The zero-order valence-corrected chi connectivity index (χ0v) is 19.8. The summed E-state index contributed by atoms with van der Waals surface area (Å²) in [7, 11) is 0. The van der Waals surface area contributed by atoms with E-state index in [1.807, 2.05) is 20.8 Å². The molecular formula is C23H31ClN4O4. The lowest BCUT2D eigenvalue weighted by Gasteiger charge is -2.23. The summed E-state index contributed by atoms with van der Waals surface area (Å²) >= 11 is 6.06. The molecule has 2 aliphatic carbocycles. The summed E-state index contributed by atoms with van der Waals surface area (Å²) in [4.78, 5) is 25.3. The molecule has 0 atom stereocenters. The van der Waals surface area contributed by atoms with Crippen LogP contribution in [0, 0.1) is 0 Å². The molecule has 1 aromatic rings. The third-order valence-electron chi connectivity index (χ3n) is 5.34. The topological polar surface area (TPSA) is 108 Å². The largest absolute Gasteiger partial charge is 0.461 e. The zero-order valence-electron chi connectivity index (χ0n) is 19.1. The van der Waals surface area contributed by atoms with Crippen LogP contribution in [0.5, 0.6) is 0 Å². The number of carbonyl (C=O) groups is 2. The van der Waals surface area contributed by atoms with Gasteiger partial charge in [-0.2, -0.15) is 5.10 Å². The first-order valence-corrected chi connectivity index (χ1v) is 11.1. The van der Waals surface area contributed by atoms with Crippen molar-refractivity contribution >= 4 is 29.2 Å². The predicted octanol–water partition coefficient (Wildman–Crippen LogP) is 4.04. The number of nitrogens with two attached hydrogens (primary N) is 1. The minimum atomic E-state index is -0.602. The first-order valence-electron chi connectivity index (χ1n) is 10.7. The van der Waals surface area contributed by atoms with Crippen molar-refractivity contribution in [2.75, 3.05) is 6.61 Å². The van der Waals surface area contributed by atoms with Gasteiger partial charge in [0, 0.05) is 16.2 Å². The second kappa shape index (κ2) is 9.02. The van der Waals surface area contributed by atoms with Crippen molar-refractivity contribution in [1.82, 2.24) is 15.1 Å². The Kier molecular flexibility index (Phi) is 6.74. The number of halogens is 1. The minimum Gasteiger partial charge on any atom is -0.461 e. The molecule has 3 N–H and O–H groups in total. The molecule has 8 nitrogen and oxygen atoms in total. The van der Waals surface area contributed by atoms with E-state index in [4.69, 9.17) is 31.9 Å². The Morgan fingerprint density at radius 2 is 2.03 bits per heavy atom. The summed E-state index contributed by atoms with van der Waals surface area (Å²) in [6.45, 7) is 11.5. The number of fused-ring (bicyclic) bond motifs is 1. The molecule has 1 amide bonds. The maximum Gasteiger partial charge on any atom is 0.408 e. The Morgan fingerprint density at radius 1 is 1.34 bits per heavy atom. The first-order chi connectivity index (χ1) is 15.0. The fourth-order valence-electron chi connectivity index (χ4n) is 3.81. The van der Waals surface area contributed by atoms with E-state index >= 15 is 0 Å². The smallest absolute Gasteiger partial charge is 0.408 e. The van der Waals surface area contributed by atoms with Gasteiger partial charge in [0.2, 0.25) is 0 Å². The number of hydrogen-bond acceptors (Lipinski definition) is 6. The van der Waals surface area contributed by atoms with Gasteiger partial charge in [0.25, 0.3) is 0 Å². The molecular weight excluding hydrogens is 432 g/mol. The van der Waals surface area contributed by atoms with E-state index in [-0.39, 0.29) is 6.61 Å². The molecule has 0 aromatic carbocycles. The van der Waals surface area contributed by atoms with Crippen molar-refractivity contribution in [3.63, 3.8) is 0 Å². The third-order valence-corrected chi connectivity index (χ3v) is 5.45. The molecule has 174 valence electrons. The highest BCUT2D eigenvalue weighted by Crippen LogP contribution is 2.41. The van der Waals surface area contributed by atoms with Gasteiger partial charge >= 0.3 is 12.1 Å². The van der Waals surface area contributed by atoms with Crippen molar-refractivity contribution in [2.24, 2.45) is 5.73 Å². The number of carbonyl (C=O) groups excluding carboxylic acids is 2. The third kappa shape index (κ3) is 5.35. The van der Waals surface area contributed by atoms with E-state index in [1.165, 1.54) is 6.20 Å². The molecule has 0 spiro atoms. The maximum absolute atomic E-state index is 12.9. The summed E-state index contributed by atoms with van der Waals surface area (Å²) in [5.41, 5.74) is 8.13. The average molecular weight is 463 g/mol. The molecule has 0 bridgehead atoms. The molecule has 9 heteroatoms. The van der Waals surface area contributed by atoms with Crippen molar-refractivity contribution in [1.29, 1.82) is 0 Å². The number of ether oxygens (including phenoxy) is 2.